The summed E-state index contributed by atoms with van der Waals surface area (Å²) in [6.45, 7) is 2.00. The third-order valence-corrected chi connectivity index (χ3v) is 3.16. The summed E-state index contributed by atoms with van der Waals surface area (Å²) in [5.41, 5.74) is 3.03. The van der Waals surface area contributed by atoms with Gasteiger partial charge in [-0.1, -0.05) is 54.1 Å². The van der Waals surface area contributed by atoms with Crippen LogP contribution in [0.15, 0.2) is 48.5 Å². The monoisotopic (exact) mass is 246 g/mol. The van der Waals surface area contributed by atoms with Gasteiger partial charge in [0.1, 0.15) is 0 Å². The second-order valence-electron chi connectivity index (χ2n) is 4.23. The Labute approximate surface area is 107 Å². The van der Waals surface area contributed by atoms with Crippen molar-refractivity contribution in [1.29, 1.82) is 0 Å². The molecule has 0 heterocycles. The topological polar surface area (TPSA) is 20.2 Å². The molecule has 0 aliphatic carbocycles. The van der Waals surface area contributed by atoms with Crippen molar-refractivity contribution in [2.45, 2.75) is 19.4 Å². The third-order valence-electron chi connectivity index (χ3n) is 2.81. The Morgan fingerprint density at radius 1 is 1.12 bits per heavy atom. The maximum absolute atomic E-state index is 10.1. The zero-order chi connectivity index (χ0) is 12.3. The van der Waals surface area contributed by atoms with Crippen LogP contribution in [0.1, 0.15) is 22.8 Å². The molecule has 0 bridgehead atoms. The SMILES string of the molecule is Cc1ccc(CC(O)c2ccccc2)c(Cl)c1. The van der Waals surface area contributed by atoms with Crippen molar-refractivity contribution in [2.24, 2.45) is 0 Å². The summed E-state index contributed by atoms with van der Waals surface area (Å²) in [5.74, 6) is 0. The molecule has 0 fully saturated rings. The summed E-state index contributed by atoms with van der Waals surface area (Å²) < 4.78 is 0. The zero-order valence-corrected chi connectivity index (χ0v) is 10.5. The fourth-order valence-electron chi connectivity index (χ4n) is 1.82. The van der Waals surface area contributed by atoms with E-state index in [0.717, 1.165) is 21.7 Å². The van der Waals surface area contributed by atoms with Gasteiger partial charge in [-0.3, -0.25) is 0 Å². The Morgan fingerprint density at radius 3 is 2.47 bits per heavy atom. The highest BCUT2D eigenvalue weighted by atomic mass is 35.5. The van der Waals surface area contributed by atoms with Crippen LogP contribution in [0.25, 0.3) is 0 Å². The van der Waals surface area contributed by atoms with E-state index in [1.54, 1.807) is 0 Å². The van der Waals surface area contributed by atoms with Crippen molar-refractivity contribution in [3.63, 3.8) is 0 Å². The lowest BCUT2D eigenvalue weighted by Crippen LogP contribution is -2.02. The molecule has 0 radical (unpaired) electrons. The smallest absolute Gasteiger partial charge is 0.0830 e. The molecule has 1 N–H and O–H groups in total. The van der Waals surface area contributed by atoms with Crippen LogP contribution in [0.3, 0.4) is 0 Å². The molecule has 1 atom stereocenters. The zero-order valence-electron chi connectivity index (χ0n) is 9.73. The molecule has 17 heavy (non-hydrogen) atoms. The molecule has 0 saturated heterocycles. The molecule has 2 heteroatoms. The Bertz CT molecular complexity index is 494. The number of hydrogen-bond donors (Lipinski definition) is 1. The van der Waals surface area contributed by atoms with Crippen molar-refractivity contribution >= 4 is 11.6 Å². The van der Waals surface area contributed by atoms with Crippen LogP contribution in [0.5, 0.6) is 0 Å². The molecule has 1 unspecified atom stereocenters. The lowest BCUT2D eigenvalue weighted by molar-refractivity contribution is 0.178. The lowest BCUT2D eigenvalue weighted by Gasteiger charge is -2.12. The van der Waals surface area contributed by atoms with Gasteiger partial charge in [-0.25, -0.2) is 0 Å². The fourth-order valence-corrected chi connectivity index (χ4v) is 2.13. The molecule has 88 valence electrons. The summed E-state index contributed by atoms with van der Waals surface area (Å²) in [7, 11) is 0. The Balaban J connectivity index is 2.16. The maximum Gasteiger partial charge on any atom is 0.0830 e. The maximum atomic E-state index is 10.1. The van der Waals surface area contributed by atoms with E-state index >= 15 is 0 Å². The normalized spacial score (nSPS) is 12.4. The second kappa shape index (κ2) is 5.35. The van der Waals surface area contributed by atoms with E-state index in [2.05, 4.69) is 0 Å². The number of benzene rings is 2. The molecule has 0 saturated carbocycles. The Kier molecular flexibility index (Phi) is 3.82. The second-order valence-corrected chi connectivity index (χ2v) is 4.63. The third kappa shape index (κ3) is 3.09. The van der Waals surface area contributed by atoms with Gasteiger partial charge >= 0.3 is 0 Å². The lowest BCUT2D eigenvalue weighted by atomic mass is 10.0. The minimum absolute atomic E-state index is 0.503. The van der Waals surface area contributed by atoms with Gasteiger partial charge in [0.25, 0.3) is 0 Å². The number of hydrogen-bond acceptors (Lipinski definition) is 1. The van der Waals surface area contributed by atoms with E-state index in [9.17, 15) is 5.11 Å². The van der Waals surface area contributed by atoms with E-state index in [4.69, 9.17) is 11.6 Å². The van der Waals surface area contributed by atoms with E-state index in [0.29, 0.717) is 6.42 Å². The molecular weight excluding hydrogens is 232 g/mol. The first-order chi connectivity index (χ1) is 8.16. The van der Waals surface area contributed by atoms with Gasteiger partial charge in [0.15, 0.2) is 0 Å². The number of halogens is 1. The van der Waals surface area contributed by atoms with Gasteiger partial charge < -0.3 is 5.11 Å². The van der Waals surface area contributed by atoms with E-state index in [-0.39, 0.29) is 0 Å². The first kappa shape index (κ1) is 12.2. The highest BCUT2D eigenvalue weighted by molar-refractivity contribution is 6.31. The molecular formula is C15H15ClO. The Hall–Kier alpha value is -1.31. The largest absolute Gasteiger partial charge is 0.388 e. The summed E-state index contributed by atoms with van der Waals surface area (Å²) >= 11 is 6.15. The molecule has 1 nitrogen and oxygen atoms in total. The van der Waals surface area contributed by atoms with Gasteiger partial charge in [-0.05, 0) is 29.7 Å². The van der Waals surface area contributed by atoms with Gasteiger partial charge in [0.2, 0.25) is 0 Å². The van der Waals surface area contributed by atoms with Crippen LogP contribution in [0.2, 0.25) is 5.02 Å². The van der Waals surface area contributed by atoms with E-state index in [1.807, 2.05) is 55.5 Å². The molecule has 0 amide bonds. The fraction of sp³-hybridized carbons (Fsp3) is 0.200. The Morgan fingerprint density at radius 2 is 1.82 bits per heavy atom. The van der Waals surface area contributed by atoms with Crippen LogP contribution < -0.4 is 0 Å². The van der Waals surface area contributed by atoms with Crippen LogP contribution in [-0.4, -0.2) is 5.11 Å². The van der Waals surface area contributed by atoms with Gasteiger partial charge in [0, 0.05) is 11.4 Å². The van der Waals surface area contributed by atoms with Crippen molar-refractivity contribution in [2.75, 3.05) is 0 Å². The summed E-state index contributed by atoms with van der Waals surface area (Å²) in [6, 6.07) is 15.6. The molecule has 0 spiro atoms. The van der Waals surface area contributed by atoms with Crippen LogP contribution >= 0.6 is 11.6 Å². The minimum atomic E-state index is -0.503. The van der Waals surface area contributed by atoms with Gasteiger partial charge in [0.05, 0.1) is 6.10 Å². The average molecular weight is 247 g/mol. The summed E-state index contributed by atoms with van der Waals surface area (Å²) in [5, 5.41) is 10.8. The minimum Gasteiger partial charge on any atom is -0.388 e. The van der Waals surface area contributed by atoms with Crippen molar-refractivity contribution < 1.29 is 5.11 Å². The summed E-state index contributed by atoms with van der Waals surface area (Å²) in [4.78, 5) is 0. The number of aliphatic hydroxyl groups excluding tert-OH is 1. The predicted octanol–water partition coefficient (Wildman–Crippen LogP) is 3.92. The number of aryl methyl sites for hydroxylation is 1. The van der Waals surface area contributed by atoms with E-state index in [1.165, 1.54) is 0 Å². The quantitative estimate of drug-likeness (QED) is 0.870. The summed E-state index contributed by atoms with van der Waals surface area (Å²) in [6.07, 6.45) is 0.0414. The van der Waals surface area contributed by atoms with Crippen molar-refractivity contribution in [1.82, 2.24) is 0 Å². The molecule has 0 aliphatic rings. The number of rotatable bonds is 3. The molecule has 0 aliphatic heterocycles. The average Bonchev–Trinajstić information content (AvgIpc) is 2.34. The first-order valence-corrected chi connectivity index (χ1v) is 6.02. The molecule has 2 aromatic rings. The van der Waals surface area contributed by atoms with Crippen LogP contribution in [-0.2, 0) is 6.42 Å². The van der Waals surface area contributed by atoms with Crippen LogP contribution in [0, 0.1) is 6.92 Å². The number of aliphatic hydroxyl groups is 1. The highest BCUT2D eigenvalue weighted by Crippen LogP contribution is 2.24. The molecule has 0 aromatic heterocycles. The van der Waals surface area contributed by atoms with Crippen LogP contribution in [0.4, 0.5) is 0 Å². The first-order valence-electron chi connectivity index (χ1n) is 5.65. The highest BCUT2D eigenvalue weighted by Gasteiger charge is 2.10. The van der Waals surface area contributed by atoms with Crippen molar-refractivity contribution in [3.8, 4) is 0 Å². The molecule has 2 aromatic carbocycles. The standard InChI is InChI=1S/C15H15ClO/c1-11-7-8-13(14(16)9-11)10-15(17)12-5-3-2-4-6-12/h2-9,15,17H,10H2,1H3. The van der Waals surface area contributed by atoms with Gasteiger partial charge in [-0.2, -0.15) is 0 Å². The predicted molar refractivity (Wildman–Crippen MR) is 71.3 cm³/mol. The van der Waals surface area contributed by atoms with E-state index < -0.39 is 6.10 Å². The van der Waals surface area contributed by atoms with Gasteiger partial charge in [-0.15, -0.1) is 0 Å². The van der Waals surface area contributed by atoms with Crippen molar-refractivity contribution in [3.05, 3.63) is 70.2 Å². The molecule has 2 rings (SSSR count).